The second-order valence-corrected chi connectivity index (χ2v) is 5.72. The number of benzene rings is 2. The van der Waals surface area contributed by atoms with Crippen molar-refractivity contribution in [3.8, 4) is 5.75 Å². The third-order valence-corrected chi connectivity index (χ3v) is 4.15. The van der Waals surface area contributed by atoms with Gasteiger partial charge in [-0.25, -0.2) is 0 Å². The number of carbonyl (C=O) groups excluding carboxylic acids is 2. The number of nitrogens with zero attached hydrogens (tertiary/aromatic N) is 1. The molecular weight excluding hydrogens is 290 g/mol. The van der Waals surface area contributed by atoms with Crippen LogP contribution in [0, 0.1) is 6.92 Å². The first-order chi connectivity index (χ1) is 11.1. The van der Waals surface area contributed by atoms with Gasteiger partial charge in [0.2, 0.25) is 0 Å². The van der Waals surface area contributed by atoms with Crippen LogP contribution in [0.15, 0.2) is 42.5 Å². The average Bonchev–Trinajstić information content (AvgIpc) is 2.60. The summed E-state index contributed by atoms with van der Waals surface area (Å²) in [5, 5.41) is 0. The summed E-state index contributed by atoms with van der Waals surface area (Å²) < 4.78 is 5.39. The van der Waals surface area contributed by atoms with E-state index in [9.17, 15) is 9.59 Å². The van der Waals surface area contributed by atoms with Crippen LogP contribution in [0.2, 0.25) is 0 Å². The zero-order valence-electron chi connectivity index (χ0n) is 13.3. The number of anilines is 1. The highest BCUT2D eigenvalue weighted by Crippen LogP contribution is 2.36. The van der Waals surface area contributed by atoms with Crippen molar-refractivity contribution in [1.82, 2.24) is 0 Å². The highest BCUT2D eigenvalue weighted by Gasteiger charge is 2.30. The van der Waals surface area contributed by atoms with Crippen LogP contribution in [-0.4, -0.2) is 25.3 Å². The summed E-state index contributed by atoms with van der Waals surface area (Å²) >= 11 is 0. The van der Waals surface area contributed by atoms with Gasteiger partial charge in [-0.15, -0.1) is 0 Å². The first-order valence-corrected chi connectivity index (χ1v) is 7.70. The van der Waals surface area contributed by atoms with Crippen molar-refractivity contribution in [3.63, 3.8) is 0 Å². The Hall–Kier alpha value is -2.62. The van der Waals surface area contributed by atoms with Crippen LogP contribution in [0.3, 0.4) is 0 Å². The minimum Gasteiger partial charge on any atom is -0.495 e. The van der Waals surface area contributed by atoms with Gasteiger partial charge in [0.1, 0.15) is 5.75 Å². The van der Waals surface area contributed by atoms with E-state index in [0.717, 1.165) is 29.7 Å². The average molecular weight is 309 g/mol. The van der Waals surface area contributed by atoms with E-state index in [2.05, 4.69) is 0 Å². The molecule has 2 aromatic carbocycles. The Balaban J connectivity index is 1.95. The molecule has 0 atom stereocenters. The van der Waals surface area contributed by atoms with E-state index in [1.165, 1.54) is 0 Å². The van der Waals surface area contributed by atoms with Crippen LogP contribution in [0.5, 0.6) is 5.75 Å². The second kappa shape index (κ2) is 6.24. The Kier molecular flexibility index (Phi) is 4.15. The molecule has 1 aliphatic heterocycles. The molecule has 0 radical (unpaired) electrons. The molecule has 0 unspecified atom stereocenters. The number of aryl methyl sites for hydroxylation is 2. The predicted octanol–water partition coefficient (Wildman–Crippen LogP) is 3.17. The lowest BCUT2D eigenvalue weighted by Crippen LogP contribution is -2.40. The van der Waals surface area contributed by atoms with Gasteiger partial charge in [-0.3, -0.25) is 9.59 Å². The van der Waals surface area contributed by atoms with Gasteiger partial charge in [-0.2, -0.15) is 0 Å². The van der Waals surface area contributed by atoms with Crippen LogP contribution in [0.1, 0.15) is 27.9 Å². The summed E-state index contributed by atoms with van der Waals surface area (Å²) in [6, 6.07) is 12.8. The normalized spacial score (nSPS) is 13.4. The number of hydrogen-bond acceptors (Lipinski definition) is 3. The third-order valence-electron chi connectivity index (χ3n) is 4.15. The topological polar surface area (TPSA) is 46.6 Å². The predicted molar refractivity (Wildman–Crippen MR) is 89.2 cm³/mol. The third kappa shape index (κ3) is 2.84. The fraction of sp³-hybridized carbons (Fsp3) is 0.263. The van der Waals surface area contributed by atoms with E-state index in [4.69, 9.17) is 4.74 Å². The van der Waals surface area contributed by atoms with Crippen molar-refractivity contribution in [2.24, 2.45) is 0 Å². The Morgan fingerprint density at radius 2 is 1.83 bits per heavy atom. The molecule has 1 aliphatic rings. The van der Waals surface area contributed by atoms with E-state index in [1.807, 2.05) is 37.3 Å². The number of Topliss-reactive ketones (excluding diaryl/α,β-unsaturated/α-hetero) is 1. The quantitative estimate of drug-likeness (QED) is 0.646. The van der Waals surface area contributed by atoms with Gasteiger partial charge in [0.15, 0.2) is 0 Å². The molecule has 4 nitrogen and oxygen atoms in total. The van der Waals surface area contributed by atoms with Crippen molar-refractivity contribution in [1.29, 1.82) is 0 Å². The van der Waals surface area contributed by atoms with E-state index >= 15 is 0 Å². The lowest BCUT2D eigenvalue weighted by molar-refractivity contribution is -0.114. The van der Waals surface area contributed by atoms with Gasteiger partial charge in [0, 0.05) is 12.1 Å². The second-order valence-electron chi connectivity index (χ2n) is 5.72. The minimum absolute atomic E-state index is 0.419. The Morgan fingerprint density at radius 3 is 2.52 bits per heavy atom. The van der Waals surface area contributed by atoms with Crippen molar-refractivity contribution in [2.45, 2.75) is 19.8 Å². The highest BCUT2D eigenvalue weighted by atomic mass is 16.5. The Bertz CT molecular complexity index is 735. The molecule has 2 aromatic rings. The molecule has 23 heavy (non-hydrogen) atoms. The first-order valence-electron chi connectivity index (χ1n) is 7.70. The number of carbonyl (C=O) groups is 2. The molecule has 0 bridgehead atoms. The van der Waals surface area contributed by atoms with Crippen molar-refractivity contribution >= 4 is 17.4 Å². The molecule has 0 N–H and O–H groups in total. The molecule has 0 fully saturated rings. The highest BCUT2D eigenvalue weighted by molar-refractivity contribution is 6.47. The molecule has 1 amide bonds. The smallest absolute Gasteiger partial charge is 0.299 e. The number of ether oxygens (including phenoxy) is 1. The molecule has 118 valence electrons. The van der Waals surface area contributed by atoms with Crippen LogP contribution in [0.4, 0.5) is 5.69 Å². The maximum Gasteiger partial charge on any atom is 0.299 e. The van der Waals surface area contributed by atoms with Gasteiger partial charge >= 0.3 is 0 Å². The number of fused-ring (bicyclic) bond motifs is 1. The van der Waals surface area contributed by atoms with Gasteiger partial charge in [-0.05, 0) is 31.4 Å². The summed E-state index contributed by atoms with van der Waals surface area (Å²) in [6.45, 7) is 2.48. The molecule has 4 heteroatoms. The molecule has 0 saturated heterocycles. The fourth-order valence-electron chi connectivity index (χ4n) is 2.93. The van der Waals surface area contributed by atoms with E-state index in [-0.39, 0.29) is 0 Å². The lowest BCUT2D eigenvalue weighted by Gasteiger charge is -2.30. The van der Waals surface area contributed by atoms with Gasteiger partial charge in [0.25, 0.3) is 11.7 Å². The van der Waals surface area contributed by atoms with Crippen molar-refractivity contribution in [2.75, 3.05) is 18.6 Å². The monoisotopic (exact) mass is 309 g/mol. The molecule has 0 spiro atoms. The summed E-state index contributed by atoms with van der Waals surface area (Å²) in [7, 11) is 1.58. The number of methoxy groups -OCH3 is 1. The Labute approximate surface area is 135 Å². The standard InChI is InChI=1S/C19H19NO3/c1-13-8-10-15(11-9-13)18(21)19(22)20-12-4-6-14-5-3-7-16(23-2)17(14)20/h3,5,7-11H,4,6,12H2,1-2H3. The SMILES string of the molecule is COc1cccc2c1N(C(=O)C(=O)c1ccc(C)cc1)CCC2. The zero-order chi connectivity index (χ0) is 16.4. The summed E-state index contributed by atoms with van der Waals surface area (Å²) in [6.07, 6.45) is 1.72. The summed E-state index contributed by atoms with van der Waals surface area (Å²) in [5.74, 6) is -0.352. The molecule has 0 saturated carbocycles. The molecule has 3 rings (SSSR count). The minimum atomic E-state index is -0.501. The van der Waals surface area contributed by atoms with Crippen molar-refractivity contribution < 1.29 is 14.3 Å². The van der Waals surface area contributed by atoms with Crippen molar-refractivity contribution in [3.05, 3.63) is 59.2 Å². The van der Waals surface area contributed by atoms with E-state index in [0.29, 0.717) is 17.9 Å². The van der Waals surface area contributed by atoms with Gasteiger partial charge in [-0.1, -0.05) is 42.0 Å². The molecule has 0 aromatic heterocycles. The fourth-order valence-corrected chi connectivity index (χ4v) is 2.93. The summed E-state index contributed by atoms with van der Waals surface area (Å²) in [4.78, 5) is 26.8. The number of hydrogen-bond donors (Lipinski definition) is 0. The number of rotatable bonds is 3. The molecular formula is C19H19NO3. The molecule has 0 aliphatic carbocycles. The largest absolute Gasteiger partial charge is 0.495 e. The van der Waals surface area contributed by atoms with Crippen LogP contribution in [0.25, 0.3) is 0 Å². The van der Waals surface area contributed by atoms with Gasteiger partial charge < -0.3 is 9.64 Å². The summed E-state index contributed by atoms with van der Waals surface area (Å²) in [5.41, 5.74) is 3.24. The van der Waals surface area contributed by atoms with E-state index < -0.39 is 11.7 Å². The van der Waals surface area contributed by atoms with Crippen LogP contribution in [-0.2, 0) is 11.2 Å². The van der Waals surface area contributed by atoms with Crippen LogP contribution >= 0.6 is 0 Å². The Morgan fingerprint density at radius 1 is 1.09 bits per heavy atom. The zero-order valence-corrected chi connectivity index (χ0v) is 13.3. The number of amides is 1. The number of para-hydroxylation sites is 1. The first kappa shape index (κ1) is 15.3. The van der Waals surface area contributed by atoms with Gasteiger partial charge in [0.05, 0.1) is 12.8 Å². The maximum absolute atomic E-state index is 12.7. The molecule has 1 heterocycles. The lowest BCUT2D eigenvalue weighted by atomic mass is 9.99. The number of ketones is 1. The maximum atomic E-state index is 12.7. The van der Waals surface area contributed by atoms with Crippen LogP contribution < -0.4 is 9.64 Å². The van der Waals surface area contributed by atoms with E-state index in [1.54, 1.807) is 24.1 Å².